The van der Waals surface area contributed by atoms with Crippen molar-refractivity contribution in [1.82, 2.24) is 14.8 Å². The Morgan fingerprint density at radius 3 is 2.86 bits per heavy atom. The molecule has 0 fully saturated rings. The number of nitrogens with two attached hydrogens (primary N) is 1. The summed E-state index contributed by atoms with van der Waals surface area (Å²) in [5.74, 6) is -1.04. The molecule has 0 saturated heterocycles. The number of furan rings is 1. The van der Waals surface area contributed by atoms with Crippen LogP contribution in [-0.4, -0.2) is 26.6 Å². The van der Waals surface area contributed by atoms with E-state index in [-0.39, 0.29) is 23.0 Å². The Bertz CT molecular complexity index is 831. The van der Waals surface area contributed by atoms with Crippen LogP contribution in [0.4, 0.5) is 5.69 Å². The normalized spacial score (nSPS) is 10.6. The molecule has 9 nitrogen and oxygen atoms in total. The molecule has 0 aromatic carbocycles. The number of nitrogens with zero attached hydrogens (tertiary/aromatic N) is 3. The Labute approximate surface area is 123 Å². The molecule has 0 radical (unpaired) electrons. The SMILES string of the molecule is Cn1cc(NC(=O)c2coc(-c3ccoc3)n2)c(C(N)=O)n1. The minimum absolute atomic E-state index is 0.0330. The van der Waals surface area contributed by atoms with E-state index < -0.39 is 11.8 Å². The van der Waals surface area contributed by atoms with Gasteiger partial charge in [-0.1, -0.05) is 0 Å². The van der Waals surface area contributed by atoms with Crippen LogP contribution in [0.5, 0.6) is 0 Å². The van der Waals surface area contributed by atoms with Crippen molar-refractivity contribution >= 4 is 17.5 Å². The first kappa shape index (κ1) is 13.6. The number of aryl methyl sites for hydroxylation is 1. The van der Waals surface area contributed by atoms with Crippen molar-refractivity contribution in [3.63, 3.8) is 0 Å². The van der Waals surface area contributed by atoms with Crippen LogP contribution in [0.1, 0.15) is 21.0 Å². The topological polar surface area (TPSA) is 129 Å². The molecule has 9 heteroatoms. The van der Waals surface area contributed by atoms with E-state index in [1.54, 1.807) is 13.1 Å². The summed E-state index contributed by atoms with van der Waals surface area (Å²) < 4.78 is 11.5. The van der Waals surface area contributed by atoms with E-state index >= 15 is 0 Å². The number of aromatic nitrogens is 3. The summed E-state index contributed by atoms with van der Waals surface area (Å²) in [5.41, 5.74) is 6.03. The van der Waals surface area contributed by atoms with Crippen molar-refractivity contribution in [1.29, 1.82) is 0 Å². The molecule has 3 heterocycles. The number of primary amides is 1. The van der Waals surface area contributed by atoms with E-state index in [9.17, 15) is 9.59 Å². The summed E-state index contributed by atoms with van der Waals surface area (Å²) in [6, 6.07) is 1.65. The Morgan fingerprint density at radius 2 is 2.18 bits per heavy atom. The summed E-state index contributed by atoms with van der Waals surface area (Å²) in [6.07, 6.45) is 5.58. The molecule has 0 spiro atoms. The third kappa shape index (κ3) is 2.46. The highest BCUT2D eigenvalue weighted by Crippen LogP contribution is 2.20. The molecule has 0 bridgehead atoms. The smallest absolute Gasteiger partial charge is 0.277 e. The summed E-state index contributed by atoms with van der Waals surface area (Å²) in [6.45, 7) is 0. The summed E-state index contributed by atoms with van der Waals surface area (Å²) in [4.78, 5) is 27.4. The summed E-state index contributed by atoms with van der Waals surface area (Å²) >= 11 is 0. The van der Waals surface area contributed by atoms with Gasteiger partial charge in [-0.15, -0.1) is 0 Å². The number of hydrogen-bond donors (Lipinski definition) is 2. The van der Waals surface area contributed by atoms with E-state index in [1.807, 2.05) is 0 Å². The van der Waals surface area contributed by atoms with Crippen LogP contribution in [0.25, 0.3) is 11.5 Å². The average Bonchev–Trinajstić information content (AvgIpc) is 3.17. The van der Waals surface area contributed by atoms with Gasteiger partial charge < -0.3 is 19.9 Å². The minimum atomic E-state index is -0.741. The van der Waals surface area contributed by atoms with Gasteiger partial charge in [-0.25, -0.2) is 4.98 Å². The first-order valence-electron chi connectivity index (χ1n) is 6.17. The number of hydrogen-bond acceptors (Lipinski definition) is 6. The molecule has 0 aliphatic heterocycles. The van der Waals surface area contributed by atoms with Gasteiger partial charge >= 0.3 is 0 Å². The maximum absolute atomic E-state index is 12.1. The Hall–Kier alpha value is -3.36. The molecule has 22 heavy (non-hydrogen) atoms. The van der Waals surface area contributed by atoms with Crippen molar-refractivity contribution in [3.05, 3.63) is 42.4 Å². The number of carbonyl (C=O) groups is 2. The van der Waals surface area contributed by atoms with E-state index in [1.165, 1.54) is 29.7 Å². The second kappa shape index (κ2) is 5.20. The second-order valence-electron chi connectivity index (χ2n) is 4.43. The maximum Gasteiger partial charge on any atom is 0.277 e. The lowest BCUT2D eigenvalue weighted by Gasteiger charge is -2.00. The minimum Gasteiger partial charge on any atom is -0.472 e. The monoisotopic (exact) mass is 301 g/mol. The van der Waals surface area contributed by atoms with Crippen LogP contribution in [0.15, 0.2) is 39.9 Å². The predicted octanol–water partition coefficient (Wildman–Crippen LogP) is 1.02. The van der Waals surface area contributed by atoms with Gasteiger partial charge in [-0.2, -0.15) is 5.10 Å². The Kier molecular flexibility index (Phi) is 3.22. The molecule has 3 aromatic rings. The Morgan fingerprint density at radius 1 is 1.36 bits per heavy atom. The van der Waals surface area contributed by atoms with Gasteiger partial charge in [0.25, 0.3) is 11.8 Å². The van der Waals surface area contributed by atoms with Gasteiger partial charge in [-0.3, -0.25) is 14.3 Å². The zero-order chi connectivity index (χ0) is 15.7. The maximum atomic E-state index is 12.1. The van der Waals surface area contributed by atoms with Gasteiger partial charge in [0.1, 0.15) is 12.5 Å². The zero-order valence-corrected chi connectivity index (χ0v) is 11.4. The van der Waals surface area contributed by atoms with Crippen LogP contribution in [0, 0.1) is 0 Å². The molecule has 0 unspecified atom stereocenters. The molecule has 112 valence electrons. The number of carbonyl (C=O) groups excluding carboxylic acids is 2. The number of amides is 2. The highest BCUT2D eigenvalue weighted by molar-refractivity contribution is 6.07. The number of anilines is 1. The third-order valence-corrected chi connectivity index (χ3v) is 2.82. The standard InChI is InChI=1S/C13H11N5O4/c1-18-4-8(10(17-18)11(14)19)15-12(20)9-6-22-13(16-9)7-2-3-21-5-7/h2-6H,1H3,(H2,14,19)(H,15,20). The van der Waals surface area contributed by atoms with Crippen LogP contribution in [0.3, 0.4) is 0 Å². The van der Waals surface area contributed by atoms with Crippen LogP contribution in [-0.2, 0) is 7.05 Å². The molecule has 3 aromatic heterocycles. The summed E-state index contributed by atoms with van der Waals surface area (Å²) in [5, 5.41) is 6.39. The first-order chi connectivity index (χ1) is 10.5. The second-order valence-corrected chi connectivity index (χ2v) is 4.43. The van der Waals surface area contributed by atoms with Gasteiger partial charge in [-0.05, 0) is 6.07 Å². The lowest BCUT2D eigenvalue weighted by Crippen LogP contribution is -2.18. The van der Waals surface area contributed by atoms with Gasteiger partial charge in [0.2, 0.25) is 5.89 Å². The van der Waals surface area contributed by atoms with Crippen molar-refractivity contribution in [3.8, 4) is 11.5 Å². The largest absolute Gasteiger partial charge is 0.472 e. The fourth-order valence-corrected chi connectivity index (χ4v) is 1.85. The summed E-state index contributed by atoms with van der Waals surface area (Å²) in [7, 11) is 1.61. The van der Waals surface area contributed by atoms with Crippen molar-refractivity contribution in [2.75, 3.05) is 5.32 Å². The molecular formula is C13H11N5O4. The van der Waals surface area contributed by atoms with E-state index in [4.69, 9.17) is 14.6 Å². The quantitative estimate of drug-likeness (QED) is 0.740. The number of oxazole rings is 1. The zero-order valence-electron chi connectivity index (χ0n) is 11.4. The van der Waals surface area contributed by atoms with Gasteiger partial charge in [0, 0.05) is 13.2 Å². The molecule has 3 rings (SSSR count). The van der Waals surface area contributed by atoms with Gasteiger partial charge in [0.15, 0.2) is 11.4 Å². The lowest BCUT2D eigenvalue weighted by molar-refractivity contribution is 0.0995. The van der Waals surface area contributed by atoms with Crippen molar-refractivity contribution in [2.45, 2.75) is 0 Å². The third-order valence-electron chi connectivity index (χ3n) is 2.82. The van der Waals surface area contributed by atoms with E-state index in [0.29, 0.717) is 5.56 Å². The van der Waals surface area contributed by atoms with Crippen LogP contribution in [0.2, 0.25) is 0 Å². The van der Waals surface area contributed by atoms with E-state index in [2.05, 4.69) is 15.4 Å². The molecule has 0 saturated carbocycles. The average molecular weight is 301 g/mol. The van der Waals surface area contributed by atoms with Crippen molar-refractivity contribution < 1.29 is 18.4 Å². The van der Waals surface area contributed by atoms with Gasteiger partial charge in [0.05, 0.1) is 17.5 Å². The van der Waals surface area contributed by atoms with Crippen LogP contribution < -0.4 is 11.1 Å². The van der Waals surface area contributed by atoms with Crippen molar-refractivity contribution in [2.24, 2.45) is 12.8 Å². The number of rotatable bonds is 4. The highest BCUT2D eigenvalue weighted by atomic mass is 16.3. The molecule has 3 N–H and O–H groups in total. The first-order valence-corrected chi connectivity index (χ1v) is 6.17. The predicted molar refractivity (Wildman–Crippen MR) is 73.9 cm³/mol. The molecule has 0 aliphatic carbocycles. The number of nitrogens with one attached hydrogen (secondary N) is 1. The van der Waals surface area contributed by atoms with Crippen LogP contribution >= 0.6 is 0 Å². The fourth-order valence-electron chi connectivity index (χ4n) is 1.85. The molecule has 0 aliphatic rings. The Balaban J connectivity index is 1.82. The highest BCUT2D eigenvalue weighted by Gasteiger charge is 2.19. The molecule has 0 atom stereocenters. The fraction of sp³-hybridized carbons (Fsp3) is 0.0769. The lowest BCUT2D eigenvalue weighted by atomic mass is 10.3. The molecular weight excluding hydrogens is 290 g/mol. The van der Waals surface area contributed by atoms with E-state index in [0.717, 1.165) is 0 Å². The molecule has 2 amide bonds.